The second-order valence-corrected chi connectivity index (χ2v) is 6.37. The van der Waals surface area contributed by atoms with Gasteiger partial charge in [0.2, 0.25) is 11.8 Å². The molecular formula is C19H19ClF2N3O2-. The predicted octanol–water partition coefficient (Wildman–Crippen LogP) is -1.09. The highest BCUT2D eigenvalue weighted by Gasteiger charge is 2.28. The molecule has 2 aromatic carbocycles. The van der Waals surface area contributed by atoms with Gasteiger partial charge in [-0.2, -0.15) is 0 Å². The Bertz CT molecular complexity index is 847. The molecule has 8 heteroatoms. The van der Waals surface area contributed by atoms with E-state index in [0.29, 0.717) is 16.8 Å². The van der Waals surface area contributed by atoms with Crippen LogP contribution in [0, 0.1) is 11.6 Å². The lowest BCUT2D eigenvalue weighted by molar-refractivity contribution is -0.126. The Hall–Kier alpha value is -2.51. The van der Waals surface area contributed by atoms with Crippen LogP contribution >= 0.6 is 0 Å². The number of hydrogen-bond acceptors (Lipinski definition) is 3. The van der Waals surface area contributed by atoms with Gasteiger partial charge in [-0.1, -0.05) is 18.2 Å². The monoisotopic (exact) mass is 394 g/mol. The second-order valence-electron chi connectivity index (χ2n) is 6.37. The molecule has 1 unspecified atom stereocenters. The van der Waals surface area contributed by atoms with E-state index in [2.05, 4.69) is 10.6 Å². The summed E-state index contributed by atoms with van der Waals surface area (Å²) < 4.78 is 27.0. The van der Waals surface area contributed by atoms with E-state index in [-0.39, 0.29) is 43.4 Å². The molecule has 1 aliphatic rings. The molecule has 0 saturated carbocycles. The number of benzene rings is 2. The SMILES string of the molecule is N[C@@H](CC(=O)NC1Cc2cc(F)ccc2NC1=O)Cc1ccccc1F.[Cl-]. The molecule has 1 aliphatic heterocycles. The number of hydrogen-bond donors (Lipinski definition) is 3. The highest BCUT2D eigenvalue weighted by atomic mass is 35.5. The van der Waals surface area contributed by atoms with Crippen LogP contribution in [-0.2, 0) is 22.4 Å². The van der Waals surface area contributed by atoms with Gasteiger partial charge in [-0.3, -0.25) is 9.59 Å². The third kappa shape index (κ3) is 5.24. The molecule has 3 rings (SSSR count). The summed E-state index contributed by atoms with van der Waals surface area (Å²) in [5.74, 6) is -1.54. The Morgan fingerprint density at radius 3 is 2.74 bits per heavy atom. The van der Waals surface area contributed by atoms with Gasteiger partial charge in [0.1, 0.15) is 17.7 Å². The number of carbonyl (C=O) groups excluding carboxylic acids is 2. The minimum atomic E-state index is -0.794. The van der Waals surface area contributed by atoms with Gasteiger partial charge in [0.15, 0.2) is 0 Å². The number of amides is 2. The van der Waals surface area contributed by atoms with E-state index >= 15 is 0 Å². The molecular weight excluding hydrogens is 376 g/mol. The first-order valence-electron chi connectivity index (χ1n) is 8.30. The topological polar surface area (TPSA) is 84.2 Å². The molecule has 1 heterocycles. The summed E-state index contributed by atoms with van der Waals surface area (Å²) in [4.78, 5) is 24.3. The summed E-state index contributed by atoms with van der Waals surface area (Å²) in [7, 11) is 0. The number of carbonyl (C=O) groups is 2. The Morgan fingerprint density at radius 1 is 1.26 bits per heavy atom. The average Bonchev–Trinajstić information content (AvgIpc) is 2.58. The van der Waals surface area contributed by atoms with Crippen LogP contribution in [0.3, 0.4) is 0 Å². The molecule has 0 aromatic heterocycles. The number of fused-ring (bicyclic) bond motifs is 1. The first kappa shape index (κ1) is 20.8. The molecule has 0 saturated heterocycles. The van der Waals surface area contributed by atoms with Crippen molar-refractivity contribution in [1.29, 1.82) is 0 Å². The molecule has 2 amide bonds. The fourth-order valence-corrected chi connectivity index (χ4v) is 3.01. The van der Waals surface area contributed by atoms with Crippen LogP contribution in [0.25, 0.3) is 0 Å². The van der Waals surface area contributed by atoms with Crippen molar-refractivity contribution in [2.24, 2.45) is 5.73 Å². The van der Waals surface area contributed by atoms with Crippen molar-refractivity contribution >= 4 is 17.5 Å². The Labute approximate surface area is 161 Å². The van der Waals surface area contributed by atoms with Crippen molar-refractivity contribution in [2.75, 3.05) is 5.32 Å². The van der Waals surface area contributed by atoms with Crippen LogP contribution in [0.2, 0.25) is 0 Å². The van der Waals surface area contributed by atoms with E-state index in [1.165, 1.54) is 24.3 Å². The van der Waals surface area contributed by atoms with Gasteiger partial charge in [-0.25, -0.2) is 8.78 Å². The Balaban J connectivity index is 0.00000261. The van der Waals surface area contributed by atoms with Crippen molar-refractivity contribution < 1.29 is 30.8 Å². The number of rotatable bonds is 5. The molecule has 0 spiro atoms. The molecule has 4 N–H and O–H groups in total. The molecule has 0 radical (unpaired) electrons. The van der Waals surface area contributed by atoms with Gasteiger partial charge < -0.3 is 28.8 Å². The van der Waals surface area contributed by atoms with Gasteiger partial charge in [-0.05, 0) is 41.8 Å². The highest BCUT2D eigenvalue weighted by Crippen LogP contribution is 2.23. The van der Waals surface area contributed by atoms with Crippen LogP contribution < -0.4 is 28.8 Å². The molecule has 5 nitrogen and oxygen atoms in total. The van der Waals surface area contributed by atoms with Crippen LogP contribution in [0.1, 0.15) is 17.5 Å². The van der Waals surface area contributed by atoms with Gasteiger partial charge >= 0.3 is 0 Å². The van der Waals surface area contributed by atoms with Crippen LogP contribution in [0.4, 0.5) is 14.5 Å². The van der Waals surface area contributed by atoms with E-state index in [4.69, 9.17) is 5.73 Å². The predicted molar refractivity (Wildman–Crippen MR) is 93.4 cm³/mol. The summed E-state index contributed by atoms with van der Waals surface area (Å²) in [5, 5.41) is 5.26. The van der Waals surface area contributed by atoms with E-state index in [9.17, 15) is 18.4 Å². The third-order valence-corrected chi connectivity index (χ3v) is 4.29. The van der Waals surface area contributed by atoms with E-state index < -0.39 is 23.8 Å². The van der Waals surface area contributed by atoms with Crippen molar-refractivity contribution in [3.8, 4) is 0 Å². The zero-order valence-electron chi connectivity index (χ0n) is 14.3. The van der Waals surface area contributed by atoms with Crippen molar-refractivity contribution in [1.82, 2.24) is 5.32 Å². The zero-order valence-corrected chi connectivity index (χ0v) is 15.1. The van der Waals surface area contributed by atoms with E-state index in [0.717, 1.165) is 0 Å². The van der Waals surface area contributed by atoms with Gasteiger partial charge in [0.05, 0.1) is 0 Å². The largest absolute Gasteiger partial charge is 1.00 e. The summed E-state index contributed by atoms with van der Waals surface area (Å²) >= 11 is 0. The first-order valence-corrected chi connectivity index (χ1v) is 8.30. The average molecular weight is 395 g/mol. The maximum Gasteiger partial charge on any atom is 0.247 e. The molecule has 2 aromatic rings. The van der Waals surface area contributed by atoms with Gasteiger partial charge in [0, 0.05) is 24.6 Å². The minimum absolute atomic E-state index is 0. The Kier molecular flexibility index (Phi) is 6.87. The lowest BCUT2D eigenvalue weighted by Crippen LogP contribution is -3.00. The van der Waals surface area contributed by atoms with Crippen LogP contribution in [0.5, 0.6) is 0 Å². The van der Waals surface area contributed by atoms with Crippen molar-refractivity contribution in [3.63, 3.8) is 0 Å². The van der Waals surface area contributed by atoms with Gasteiger partial charge in [0.25, 0.3) is 0 Å². The summed E-state index contributed by atoms with van der Waals surface area (Å²) in [6.07, 6.45) is 0.367. The molecule has 0 aliphatic carbocycles. The quantitative estimate of drug-likeness (QED) is 0.602. The maximum atomic E-state index is 13.6. The molecule has 0 fully saturated rings. The lowest BCUT2D eigenvalue weighted by Gasteiger charge is -2.25. The number of anilines is 1. The lowest BCUT2D eigenvalue weighted by atomic mass is 9.98. The molecule has 144 valence electrons. The third-order valence-electron chi connectivity index (χ3n) is 4.29. The first-order chi connectivity index (χ1) is 12.4. The van der Waals surface area contributed by atoms with E-state index in [1.54, 1.807) is 18.2 Å². The number of nitrogens with one attached hydrogen (secondary N) is 2. The molecule has 27 heavy (non-hydrogen) atoms. The molecule has 2 atom stereocenters. The second kappa shape index (κ2) is 8.92. The smallest absolute Gasteiger partial charge is 0.247 e. The molecule has 0 bridgehead atoms. The van der Waals surface area contributed by atoms with Gasteiger partial charge in [-0.15, -0.1) is 0 Å². The van der Waals surface area contributed by atoms with Crippen LogP contribution in [-0.4, -0.2) is 23.9 Å². The summed E-state index contributed by atoms with van der Waals surface area (Å²) in [5.41, 5.74) is 7.53. The fourth-order valence-electron chi connectivity index (χ4n) is 3.01. The van der Waals surface area contributed by atoms with Crippen molar-refractivity contribution in [2.45, 2.75) is 31.3 Å². The minimum Gasteiger partial charge on any atom is -1.00 e. The zero-order chi connectivity index (χ0) is 18.7. The number of halogens is 3. The highest BCUT2D eigenvalue weighted by molar-refractivity contribution is 6.00. The maximum absolute atomic E-state index is 13.6. The van der Waals surface area contributed by atoms with Crippen molar-refractivity contribution in [3.05, 3.63) is 65.2 Å². The number of nitrogens with two attached hydrogens (primary N) is 1. The van der Waals surface area contributed by atoms with E-state index in [1.807, 2.05) is 0 Å². The fraction of sp³-hybridized carbons (Fsp3) is 0.263. The standard InChI is InChI=1S/C19H19F2N3O2.ClH/c20-13-5-6-16-12(7-13)9-17(19(26)24-16)23-18(25)10-14(22)8-11-3-1-2-4-15(11)21;/h1-7,14,17H,8-10,22H2,(H,23,25)(H,24,26);1H/p-1/t14-,17?;/m1./s1. The van der Waals surface area contributed by atoms with Crippen LogP contribution in [0.15, 0.2) is 42.5 Å². The Morgan fingerprint density at radius 2 is 2.00 bits per heavy atom. The normalized spacial score (nSPS) is 16.6. The summed E-state index contributed by atoms with van der Waals surface area (Å²) in [6.45, 7) is 0. The summed E-state index contributed by atoms with van der Waals surface area (Å²) in [6, 6.07) is 8.95.